The van der Waals surface area contributed by atoms with Crippen molar-refractivity contribution in [3.8, 4) is 0 Å². The van der Waals surface area contributed by atoms with Gasteiger partial charge in [-0.3, -0.25) is 4.79 Å². The van der Waals surface area contributed by atoms with Crippen LogP contribution in [0.25, 0.3) is 0 Å². The molecule has 0 aliphatic carbocycles. The summed E-state index contributed by atoms with van der Waals surface area (Å²) >= 11 is 1.41. The third-order valence-corrected chi connectivity index (χ3v) is 7.79. The van der Waals surface area contributed by atoms with Crippen LogP contribution >= 0.6 is 11.3 Å². The van der Waals surface area contributed by atoms with Gasteiger partial charge in [0.2, 0.25) is 5.91 Å². The van der Waals surface area contributed by atoms with Crippen LogP contribution < -0.4 is 5.32 Å². The molecule has 1 aromatic carbocycles. The summed E-state index contributed by atoms with van der Waals surface area (Å²) in [5.41, 5.74) is 0.848. The maximum atomic E-state index is 12.5. The summed E-state index contributed by atoms with van der Waals surface area (Å²) in [5.74, 6) is -0.404. The van der Waals surface area contributed by atoms with E-state index in [1.54, 1.807) is 0 Å². The zero-order valence-corrected chi connectivity index (χ0v) is 16.9. The smallest absolute Gasteiger partial charge is 0.407 e. The van der Waals surface area contributed by atoms with Crippen molar-refractivity contribution in [1.29, 1.82) is 0 Å². The van der Waals surface area contributed by atoms with Crippen LogP contribution in [0.2, 0.25) is 0 Å². The van der Waals surface area contributed by atoms with Crippen LogP contribution in [-0.2, 0) is 26.0 Å². The van der Waals surface area contributed by atoms with Crippen LogP contribution in [0, 0.1) is 0 Å². The number of thiophene rings is 1. The summed E-state index contributed by atoms with van der Waals surface area (Å²) in [6.07, 6.45) is -0.330. The van der Waals surface area contributed by atoms with Crippen LogP contribution in [0.1, 0.15) is 22.1 Å². The van der Waals surface area contributed by atoms with E-state index in [0.29, 0.717) is 13.0 Å². The molecule has 0 unspecified atom stereocenters. The van der Waals surface area contributed by atoms with Gasteiger partial charge >= 0.3 is 6.09 Å². The van der Waals surface area contributed by atoms with E-state index in [2.05, 4.69) is 5.32 Å². The van der Waals surface area contributed by atoms with Gasteiger partial charge in [0, 0.05) is 18.0 Å². The number of nitrogens with zero attached hydrogens (tertiary/aromatic N) is 1. The SMILES string of the molecule is O=C(NCC(=O)N1CC[C@@H](c2cccs2)S(=O)(=O)CC1)OCc1ccccc1. The van der Waals surface area contributed by atoms with Crippen LogP contribution in [-0.4, -0.2) is 50.7 Å². The number of ether oxygens (including phenoxy) is 1. The van der Waals surface area contributed by atoms with Gasteiger partial charge in [0.15, 0.2) is 9.84 Å². The molecule has 150 valence electrons. The van der Waals surface area contributed by atoms with Crippen molar-refractivity contribution in [2.24, 2.45) is 0 Å². The number of nitrogens with one attached hydrogen (secondary N) is 1. The van der Waals surface area contributed by atoms with Crippen molar-refractivity contribution in [1.82, 2.24) is 10.2 Å². The largest absolute Gasteiger partial charge is 0.445 e. The standard InChI is InChI=1S/C19H22N2O5S2/c22-18(13-20-19(23)26-14-15-5-2-1-3-6-15)21-9-8-17(16-7-4-11-27-16)28(24,25)12-10-21/h1-7,11,17H,8-10,12-14H2,(H,20,23)/t17-/m0/s1. The number of rotatable bonds is 5. The Bertz CT molecular complexity index is 898. The molecular formula is C19H22N2O5S2. The second-order valence-corrected chi connectivity index (χ2v) is 9.74. The minimum absolute atomic E-state index is 0.0836. The molecule has 0 spiro atoms. The van der Waals surface area contributed by atoms with E-state index in [9.17, 15) is 18.0 Å². The van der Waals surface area contributed by atoms with E-state index in [1.807, 2.05) is 47.8 Å². The Morgan fingerprint density at radius 1 is 1.14 bits per heavy atom. The Hall–Kier alpha value is -2.39. The van der Waals surface area contributed by atoms with E-state index >= 15 is 0 Å². The average Bonchev–Trinajstić information content (AvgIpc) is 3.16. The van der Waals surface area contributed by atoms with Crippen molar-refractivity contribution in [3.63, 3.8) is 0 Å². The fourth-order valence-corrected chi connectivity index (χ4v) is 6.02. The number of alkyl carbamates (subject to hydrolysis) is 1. The van der Waals surface area contributed by atoms with E-state index in [-0.39, 0.29) is 31.4 Å². The fraction of sp³-hybridized carbons (Fsp3) is 0.368. The number of hydrogen-bond donors (Lipinski definition) is 1. The van der Waals surface area contributed by atoms with Crippen molar-refractivity contribution in [3.05, 3.63) is 58.3 Å². The molecule has 1 atom stereocenters. The lowest BCUT2D eigenvalue weighted by molar-refractivity contribution is -0.129. The van der Waals surface area contributed by atoms with Gasteiger partial charge in [0.05, 0.1) is 11.0 Å². The lowest BCUT2D eigenvalue weighted by Gasteiger charge is -2.20. The van der Waals surface area contributed by atoms with E-state index in [4.69, 9.17) is 4.74 Å². The third-order valence-electron chi connectivity index (χ3n) is 4.55. The van der Waals surface area contributed by atoms with Gasteiger partial charge < -0.3 is 15.0 Å². The molecule has 9 heteroatoms. The Morgan fingerprint density at radius 3 is 2.64 bits per heavy atom. The van der Waals surface area contributed by atoms with Gasteiger partial charge in [-0.1, -0.05) is 36.4 Å². The molecule has 0 radical (unpaired) electrons. The molecule has 1 fully saturated rings. The second kappa shape index (κ2) is 9.20. The van der Waals surface area contributed by atoms with Crippen LogP contribution in [0.4, 0.5) is 4.79 Å². The number of carbonyl (C=O) groups excluding carboxylic acids is 2. The number of benzene rings is 1. The summed E-state index contributed by atoms with van der Waals surface area (Å²) in [4.78, 5) is 26.5. The summed E-state index contributed by atoms with van der Waals surface area (Å²) in [7, 11) is -3.32. The number of sulfone groups is 1. The first-order valence-corrected chi connectivity index (χ1v) is 11.5. The van der Waals surface area contributed by atoms with Crippen LogP contribution in [0.3, 0.4) is 0 Å². The van der Waals surface area contributed by atoms with Gasteiger partial charge in [-0.05, 0) is 23.4 Å². The molecule has 0 saturated carbocycles. The summed E-state index contributed by atoms with van der Waals surface area (Å²) in [5, 5.41) is 3.71. The lowest BCUT2D eigenvalue weighted by atomic mass is 10.2. The van der Waals surface area contributed by atoms with Crippen LogP contribution in [0.15, 0.2) is 47.8 Å². The van der Waals surface area contributed by atoms with Crippen molar-refractivity contribution in [2.75, 3.05) is 25.4 Å². The Labute approximate surface area is 168 Å². The minimum atomic E-state index is -3.32. The van der Waals surface area contributed by atoms with Gasteiger partial charge in [-0.2, -0.15) is 0 Å². The highest BCUT2D eigenvalue weighted by molar-refractivity contribution is 7.91. The quantitative estimate of drug-likeness (QED) is 0.799. The molecule has 1 aromatic heterocycles. The Morgan fingerprint density at radius 2 is 1.93 bits per heavy atom. The van der Waals surface area contributed by atoms with Crippen molar-refractivity contribution >= 4 is 33.2 Å². The number of hydrogen-bond acceptors (Lipinski definition) is 6. The van der Waals surface area contributed by atoms with E-state index < -0.39 is 21.2 Å². The normalized spacial score (nSPS) is 18.9. The zero-order chi connectivity index (χ0) is 20.0. The molecule has 1 aliphatic heterocycles. The topological polar surface area (TPSA) is 92.8 Å². The molecule has 1 aliphatic rings. The molecule has 7 nitrogen and oxygen atoms in total. The first-order valence-electron chi connectivity index (χ1n) is 8.93. The molecule has 1 N–H and O–H groups in total. The predicted octanol–water partition coefficient (Wildman–Crippen LogP) is 2.36. The molecule has 3 rings (SSSR count). The average molecular weight is 423 g/mol. The Balaban J connectivity index is 1.49. The van der Waals surface area contributed by atoms with Gasteiger partial charge in [0.25, 0.3) is 0 Å². The first-order chi connectivity index (χ1) is 13.5. The molecule has 0 bridgehead atoms. The van der Waals surface area contributed by atoms with Gasteiger partial charge in [-0.15, -0.1) is 11.3 Å². The monoisotopic (exact) mass is 422 g/mol. The van der Waals surface area contributed by atoms with E-state index in [0.717, 1.165) is 10.4 Å². The van der Waals surface area contributed by atoms with Crippen LogP contribution in [0.5, 0.6) is 0 Å². The fourth-order valence-electron chi connectivity index (χ4n) is 3.02. The number of carbonyl (C=O) groups is 2. The molecule has 2 amide bonds. The highest BCUT2D eigenvalue weighted by Gasteiger charge is 2.33. The maximum Gasteiger partial charge on any atom is 0.407 e. The summed E-state index contributed by atoms with van der Waals surface area (Å²) in [6.45, 7) is 0.355. The lowest BCUT2D eigenvalue weighted by Crippen LogP contribution is -2.41. The zero-order valence-electron chi connectivity index (χ0n) is 15.2. The summed E-state index contributed by atoms with van der Waals surface area (Å²) < 4.78 is 30.1. The van der Waals surface area contributed by atoms with Gasteiger partial charge in [0.1, 0.15) is 13.2 Å². The van der Waals surface area contributed by atoms with Crippen molar-refractivity contribution in [2.45, 2.75) is 18.3 Å². The van der Waals surface area contributed by atoms with Crippen molar-refractivity contribution < 1.29 is 22.7 Å². The number of amides is 2. The summed E-state index contributed by atoms with van der Waals surface area (Å²) in [6, 6.07) is 12.9. The molecule has 2 heterocycles. The highest BCUT2D eigenvalue weighted by Crippen LogP contribution is 2.32. The second-order valence-electron chi connectivity index (χ2n) is 6.46. The Kier molecular flexibility index (Phi) is 6.69. The van der Waals surface area contributed by atoms with Gasteiger partial charge in [-0.25, -0.2) is 13.2 Å². The predicted molar refractivity (Wildman–Crippen MR) is 107 cm³/mol. The third kappa shape index (κ3) is 5.32. The molecule has 2 aromatic rings. The first kappa shape index (κ1) is 20.3. The molecule has 28 heavy (non-hydrogen) atoms. The molecular weight excluding hydrogens is 400 g/mol. The highest BCUT2D eigenvalue weighted by atomic mass is 32.2. The minimum Gasteiger partial charge on any atom is -0.445 e. The van der Waals surface area contributed by atoms with E-state index in [1.165, 1.54) is 16.2 Å². The molecule has 1 saturated heterocycles. The maximum absolute atomic E-state index is 12.5.